The second kappa shape index (κ2) is 5.33. The summed E-state index contributed by atoms with van der Waals surface area (Å²) in [5.41, 5.74) is 0.901. The lowest BCUT2D eigenvalue weighted by Gasteiger charge is -2.02. The lowest BCUT2D eigenvalue weighted by atomic mass is 10.2. The van der Waals surface area contributed by atoms with E-state index in [-0.39, 0.29) is 5.69 Å². The molecule has 1 heterocycles. The van der Waals surface area contributed by atoms with E-state index in [0.717, 1.165) is 5.56 Å². The van der Waals surface area contributed by atoms with Crippen LogP contribution in [-0.2, 0) is 5.75 Å². The molecule has 0 N–H and O–H groups in total. The van der Waals surface area contributed by atoms with Crippen molar-refractivity contribution >= 4 is 33.4 Å². The van der Waals surface area contributed by atoms with Crippen LogP contribution in [0, 0.1) is 10.1 Å². The summed E-state index contributed by atoms with van der Waals surface area (Å²) < 4.78 is 5.58. The minimum atomic E-state index is -0.413. The molecule has 0 aliphatic heterocycles. The van der Waals surface area contributed by atoms with Gasteiger partial charge in [0.05, 0.1) is 15.6 Å². The van der Waals surface area contributed by atoms with E-state index in [1.165, 1.54) is 24.1 Å². The van der Waals surface area contributed by atoms with Crippen molar-refractivity contribution in [2.45, 2.75) is 11.0 Å². The quantitative estimate of drug-likeness (QED) is 0.489. The van der Waals surface area contributed by atoms with Gasteiger partial charge in [0.2, 0.25) is 0 Å². The summed E-state index contributed by atoms with van der Waals surface area (Å²) in [6, 6.07) is 4.95. The van der Waals surface area contributed by atoms with Crippen molar-refractivity contribution < 1.29 is 9.34 Å². The highest BCUT2D eigenvalue weighted by Crippen LogP contribution is 2.32. The Morgan fingerprint density at radius 2 is 2.35 bits per heavy atom. The Morgan fingerprint density at radius 3 is 3.00 bits per heavy atom. The van der Waals surface area contributed by atoms with E-state index < -0.39 is 4.92 Å². The summed E-state index contributed by atoms with van der Waals surface area (Å²) in [6.45, 7) is 0. The van der Waals surface area contributed by atoms with Crippen LogP contribution in [0.5, 0.6) is 0 Å². The van der Waals surface area contributed by atoms with Gasteiger partial charge in [0.25, 0.3) is 10.9 Å². The molecular weight excluding hydrogens is 308 g/mol. The van der Waals surface area contributed by atoms with E-state index in [2.05, 4.69) is 20.9 Å². The van der Waals surface area contributed by atoms with E-state index in [1.54, 1.807) is 12.3 Å². The molecular formula is C10H7BrN2O3S. The van der Waals surface area contributed by atoms with Gasteiger partial charge in [0.15, 0.2) is 0 Å². The number of nitro groups is 1. The highest BCUT2D eigenvalue weighted by molar-refractivity contribution is 9.10. The molecule has 0 saturated heterocycles. The van der Waals surface area contributed by atoms with Crippen molar-refractivity contribution in [2.75, 3.05) is 0 Å². The maximum atomic E-state index is 10.7. The summed E-state index contributed by atoms with van der Waals surface area (Å²) in [4.78, 5) is 14.3. The van der Waals surface area contributed by atoms with E-state index in [0.29, 0.717) is 15.4 Å². The van der Waals surface area contributed by atoms with Crippen molar-refractivity contribution in [3.63, 3.8) is 0 Å². The molecule has 0 atom stereocenters. The van der Waals surface area contributed by atoms with Crippen LogP contribution in [0.3, 0.4) is 0 Å². The lowest BCUT2D eigenvalue weighted by Crippen LogP contribution is -1.92. The molecule has 2 rings (SSSR count). The van der Waals surface area contributed by atoms with Crippen LogP contribution in [0.4, 0.5) is 5.69 Å². The summed E-state index contributed by atoms with van der Waals surface area (Å²) >= 11 is 4.62. The van der Waals surface area contributed by atoms with Crippen LogP contribution in [0.15, 0.2) is 44.8 Å². The van der Waals surface area contributed by atoms with Gasteiger partial charge in [0, 0.05) is 11.8 Å². The largest absolute Gasteiger partial charge is 0.440 e. The highest BCUT2D eigenvalue weighted by atomic mass is 79.9. The van der Waals surface area contributed by atoms with Gasteiger partial charge >= 0.3 is 0 Å². The van der Waals surface area contributed by atoms with Crippen LogP contribution in [-0.4, -0.2) is 9.91 Å². The van der Waals surface area contributed by atoms with Crippen LogP contribution in [0.25, 0.3) is 0 Å². The van der Waals surface area contributed by atoms with Crippen molar-refractivity contribution in [2.24, 2.45) is 0 Å². The molecule has 17 heavy (non-hydrogen) atoms. The van der Waals surface area contributed by atoms with E-state index in [1.807, 2.05) is 6.07 Å². The summed E-state index contributed by atoms with van der Waals surface area (Å²) in [7, 11) is 0. The predicted octanol–water partition coefficient (Wildman–Crippen LogP) is 3.64. The number of nitrogens with zero attached hydrogens (tertiary/aromatic N) is 2. The van der Waals surface area contributed by atoms with Gasteiger partial charge < -0.3 is 4.42 Å². The molecule has 0 bridgehead atoms. The standard InChI is InChI=1S/C10H7BrN2O3S/c11-9-7(2-1-3-8(9)13(14)15)6-17-10-12-4-5-16-10/h1-5H,6H2. The molecule has 0 radical (unpaired) electrons. The first-order chi connectivity index (χ1) is 8.18. The normalized spacial score (nSPS) is 10.4. The van der Waals surface area contributed by atoms with Gasteiger partial charge in [-0.1, -0.05) is 23.9 Å². The van der Waals surface area contributed by atoms with Crippen molar-refractivity contribution in [1.29, 1.82) is 0 Å². The van der Waals surface area contributed by atoms with Gasteiger partial charge in [-0.25, -0.2) is 4.98 Å². The fourth-order valence-corrected chi connectivity index (χ4v) is 2.75. The number of hydrogen-bond donors (Lipinski definition) is 0. The first kappa shape index (κ1) is 12.1. The summed E-state index contributed by atoms with van der Waals surface area (Å²) in [5.74, 6) is 0.558. The minimum absolute atomic E-state index is 0.0653. The zero-order chi connectivity index (χ0) is 12.3. The third-order valence-corrected chi connectivity index (χ3v) is 3.84. The number of hydrogen-bond acceptors (Lipinski definition) is 5. The van der Waals surface area contributed by atoms with Crippen LogP contribution in [0.2, 0.25) is 0 Å². The summed E-state index contributed by atoms with van der Waals surface area (Å²) in [6.07, 6.45) is 3.05. The number of benzene rings is 1. The average molecular weight is 315 g/mol. The Bertz CT molecular complexity index is 530. The first-order valence-corrected chi connectivity index (χ1v) is 6.40. The molecule has 7 heteroatoms. The molecule has 1 aromatic carbocycles. The fourth-order valence-electron chi connectivity index (χ4n) is 1.24. The maximum absolute atomic E-state index is 10.7. The second-order valence-electron chi connectivity index (χ2n) is 3.09. The number of rotatable bonds is 4. The third kappa shape index (κ3) is 2.86. The van der Waals surface area contributed by atoms with Gasteiger partial charge in [0.1, 0.15) is 6.26 Å². The molecule has 2 aromatic rings. The second-order valence-corrected chi connectivity index (χ2v) is 4.81. The molecule has 0 aliphatic carbocycles. The van der Waals surface area contributed by atoms with E-state index in [4.69, 9.17) is 4.42 Å². The monoisotopic (exact) mass is 314 g/mol. The predicted molar refractivity (Wildman–Crippen MR) is 66.9 cm³/mol. The molecule has 0 spiro atoms. The molecule has 0 unspecified atom stereocenters. The molecule has 88 valence electrons. The lowest BCUT2D eigenvalue weighted by molar-refractivity contribution is -0.385. The van der Waals surface area contributed by atoms with Gasteiger partial charge in [-0.3, -0.25) is 10.1 Å². The van der Waals surface area contributed by atoms with Gasteiger partial charge in [-0.05, 0) is 21.5 Å². The van der Waals surface area contributed by atoms with Crippen molar-refractivity contribution in [3.05, 3.63) is 50.8 Å². The van der Waals surface area contributed by atoms with Gasteiger partial charge in [-0.2, -0.15) is 0 Å². The fraction of sp³-hybridized carbons (Fsp3) is 0.100. The molecule has 5 nitrogen and oxygen atoms in total. The average Bonchev–Trinajstić information content (AvgIpc) is 2.80. The van der Waals surface area contributed by atoms with Crippen LogP contribution >= 0.6 is 27.7 Å². The molecule has 0 fully saturated rings. The minimum Gasteiger partial charge on any atom is -0.440 e. The smallest absolute Gasteiger partial charge is 0.283 e. The number of aromatic nitrogens is 1. The SMILES string of the molecule is O=[N+]([O-])c1cccc(CSc2ncco2)c1Br. The topological polar surface area (TPSA) is 69.2 Å². The number of halogens is 1. The molecule has 0 amide bonds. The zero-order valence-electron chi connectivity index (χ0n) is 8.50. The zero-order valence-corrected chi connectivity index (χ0v) is 10.9. The van der Waals surface area contributed by atoms with Crippen molar-refractivity contribution in [1.82, 2.24) is 4.98 Å². The first-order valence-electron chi connectivity index (χ1n) is 4.62. The Hall–Kier alpha value is -1.34. The maximum Gasteiger partial charge on any atom is 0.283 e. The Labute approximate surface area is 110 Å². The van der Waals surface area contributed by atoms with E-state index >= 15 is 0 Å². The molecule has 0 aliphatic rings. The van der Waals surface area contributed by atoms with Gasteiger partial charge in [-0.15, -0.1) is 0 Å². The van der Waals surface area contributed by atoms with Crippen molar-refractivity contribution in [3.8, 4) is 0 Å². The number of nitro benzene ring substituents is 1. The third-order valence-electron chi connectivity index (χ3n) is 2.02. The number of thioether (sulfide) groups is 1. The molecule has 1 aromatic heterocycles. The van der Waals surface area contributed by atoms with Crippen LogP contribution in [0.1, 0.15) is 5.56 Å². The Balaban J connectivity index is 2.16. The summed E-state index contributed by atoms with van der Waals surface area (Å²) in [5, 5.41) is 11.3. The van der Waals surface area contributed by atoms with E-state index in [9.17, 15) is 10.1 Å². The number of oxazole rings is 1. The van der Waals surface area contributed by atoms with Crippen LogP contribution < -0.4 is 0 Å². The Morgan fingerprint density at radius 1 is 1.53 bits per heavy atom. The molecule has 0 saturated carbocycles. The highest BCUT2D eigenvalue weighted by Gasteiger charge is 2.15. The Kier molecular flexibility index (Phi) is 3.80.